The zero-order valence-corrected chi connectivity index (χ0v) is 8.51. The van der Waals surface area contributed by atoms with Crippen molar-refractivity contribution in [2.45, 2.75) is 45.6 Å². The summed E-state index contributed by atoms with van der Waals surface area (Å²) in [6, 6.07) is 0. The van der Waals surface area contributed by atoms with E-state index in [0.717, 1.165) is 23.7 Å². The monoisotopic (exact) mass is 167 g/mol. The number of nitrogens with two attached hydrogens (primary N) is 1. The fraction of sp³-hybridized carbons (Fsp3) is 1.00. The minimum atomic E-state index is 0.244. The van der Waals surface area contributed by atoms with Gasteiger partial charge in [-0.25, -0.2) is 0 Å². The topological polar surface area (TPSA) is 26.0 Å². The summed E-state index contributed by atoms with van der Waals surface area (Å²) in [6.07, 6.45) is 3.97. The third-order valence-electron chi connectivity index (χ3n) is 3.94. The fourth-order valence-corrected chi connectivity index (χ4v) is 3.52. The van der Waals surface area contributed by atoms with Crippen molar-refractivity contribution in [1.29, 1.82) is 0 Å². The molecule has 2 aliphatic rings. The largest absolute Gasteiger partial charge is 0.325 e. The van der Waals surface area contributed by atoms with Gasteiger partial charge in [-0.05, 0) is 36.5 Å². The number of fused-ring (bicyclic) bond motifs is 1. The zero-order chi connectivity index (χ0) is 8.93. The highest BCUT2D eigenvalue weighted by Crippen LogP contribution is 2.67. The first-order chi connectivity index (χ1) is 5.59. The number of rotatable bonds is 3. The van der Waals surface area contributed by atoms with Crippen molar-refractivity contribution in [3.8, 4) is 0 Å². The summed E-state index contributed by atoms with van der Waals surface area (Å²) in [7, 11) is 0. The van der Waals surface area contributed by atoms with Crippen LogP contribution in [0.15, 0.2) is 0 Å². The number of hydrogen-bond acceptors (Lipinski definition) is 1. The first-order valence-electron chi connectivity index (χ1n) is 5.38. The Morgan fingerprint density at radius 3 is 2.67 bits per heavy atom. The molecule has 0 heterocycles. The van der Waals surface area contributed by atoms with E-state index in [2.05, 4.69) is 20.8 Å². The van der Waals surface area contributed by atoms with Crippen LogP contribution in [0, 0.1) is 23.7 Å². The average Bonchev–Trinajstić information content (AvgIpc) is 2.64. The molecule has 0 aliphatic heterocycles. The van der Waals surface area contributed by atoms with Crippen LogP contribution >= 0.6 is 0 Å². The van der Waals surface area contributed by atoms with Gasteiger partial charge in [-0.15, -0.1) is 0 Å². The maximum atomic E-state index is 6.44. The van der Waals surface area contributed by atoms with Gasteiger partial charge in [0.2, 0.25) is 0 Å². The van der Waals surface area contributed by atoms with Gasteiger partial charge in [-0.1, -0.05) is 27.2 Å². The van der Waals surface area contributed by atoms with E-state index in [1.807, 2.05) is 0 Å². The molecule has 0 aromatic carbocycles. The molecule has 0 aromatic heterocycles. The Kier molecular flexibility index (Phi) is 1.76. The minimum Gasteiger partial charge on any atom is -0.325 e. The molecule has 0 bridgehead atoms. The smallest absolute Gasteiger partial charge is 0.0219 e. The molecule has 0 spiro atoms. The zero-order valence-electron chi connectivity index (χ0n) is 8.51. The van der Waals surface area contributed by atoms with Gasteiger partial charge in [0.1, 0.15) is 0 Å². The molecule has 2 N–H and O–H groups in total. The van der Waals surface area contributed by atoms with Crippen LogP contribution in [0.1, 0.15) is 40.0 Å². The second-order valence-electron chi connectivity index (χ2n) is 5.23. The van der Waals surface area contributed by atoms with Crippen molar-refractivity contribution in [3.63, 3.8) is 0 Å². The first-order valence-corrected chi connectivity index (χ1v) is 5.38. The van der Waals surface area contributed by atoms with Crippen molar-refractivity contribution < 1.29 is 0 Å². The van der Waals surface area contributed by atoms with E-state index in [1.54, 1.807) is 0 Å². The van der Waals surface area contributed by atoms with Gasteiger partial charge < -0.3 is 5.73 Å². The maximum Gasteiger partial charge on any atom is 0.0219 e. The minimum absolute atomic E-state index is 0.244. The van der Waals surface area contributed by atoms with Gasteiger partial charge in [0.15, 0.2) is 0 Å². The fourth-order valence-electron chi connectivity index (χ4n) is 3.52. The maximum absolute atomic E-state index is 6.44. The summed E-state index contributed by atoms with van der Waals surface area (Å²) >= 11 is 0. The highest BCUT2D eigenvalue weighted by Gasteiger charge is 2.67. The highest BCUT2D eigenvalue weighted by molar-refractivity contribution is 5.21. The van der Waals surface area contributed by atoms with Crippen LogP contribution in [0.2, 0.25) is 0 Å². The third kappa shape index (κ3) is 0.953. The van der Waals surface area contributed by atoms with E-state index in [0.29, 0.717) is 0 Å². The molecule has 2 aliphatic carbocycles. The van der Waals surface area contributed by atoms with E-state index in [9.17, 15) is 0 Å². The van der Waals surface area contributed by atoms with Crippen LogP contribution in [0.4, 0.5) is 0 Å². The molecule has 0 saturated heterocycles. The third-order valence-corrected chi connectivity index (χ3v) is 3.94. The molecule has 2 fully saturated rings. The van der Waals surface area contributed by atoms with E-state index in [-0.39, 0.29) is 5.54 Å². The predicted molar refractivity (Wildman–Crippen MR) is 51.8 cm³/mol. The molecule has 4 unspecified atom stereocenters. The predicted octanol–water partition coefficient (Wildman–Crippen LogP) is 2.41. The normalized spacial score (nSPS) is 50.2. The Morgan fingerprint density at radius 1 is 1.50 bits per heavy atom. The molecule has 0 radical (unpaired) electrons. The summed E-state index contributed by atoms with van der Waals surface area (Å²) in [4.78, 5) is 0. The van der Waals surface area contributed by atoms with Crippen LogP contribution in [-0.2, 0) is 0 Å². The molecule has 12 heavy (non-hydrogen) atoms. The van der Waals surface area contributed by atoms with Crippen molar-refractivity contribution >= 4 is 0 Å². The summed E-state index contributed by atoms with van der Waals surface area (Å²) in [5, 5.41) is 0. The summed E-state index contributed by atoms with van der Waals surface area (Å²) in [6.45, 7) is 6.87. The van der Waals surface area contributed by atoms with Crippen molar-refractivity contribution in [2.24, 2.45) is 29.4 Å². The van der Waals surface area contributed by atoms with Crippen molar-refractivity contribution in [3.05, 3.63) is 0 Å². The quantitative estimate of drug-likeness (QED) is 0.686. The Hall–Kier alpha value is -0.0400. The standard InChI is InChI=1S/C11H21N/c1-4-9-8-5-10(8)11(9,12)6-7(2)3/h7-10H,4-6,12H2,1-3H3. The van der Waals surface area contributed by atoms with E-state index in [1.165, 1.54) is 19.3 Å². The van der Waals surface area contributed by atoms with Crippen LogP contribution < -0.4 is 5.73 Å². The molecule has 0 aromatic rings. The van der Waals surface area contributed by atoms with Gasteiger partial charge >= 0.3 is 0 Å². The lowest BCUT2D eigenvalue weighted by Crippen LogP contribution is -2.58. The highest BCUT2D eigenvalue weighted by atomic mass is 14.9. The Morgan fingerprint density at radius 2 is 2.17 bits per heavy atom. The van der Waals surface area contributed by atoms with Crippen LogP contribution in [0.5, 0.6) is 0 Å². The average molecular weight is 167 g/mol. The Bertz CT molecular complexity index is 187. The van der Waals surface area contributed by atoms with Crippen molar-refractivity contribution in [1.82, 2.24) is 0 Å². The second kappa shape index (κ2) is 2.47. The van der Waals surface area contributed by atoms with E-state index >= 15 is 0 Å². The molecule has 70 valence electrons. The Labute approximate surface area is 75.7 Å². The van der Waals surface area contributed by atoms with Crippen LogP contribution in [0.3, 0.4) is 0 Å². The molecule has 2 saturated carbocycles. The molecule has 1 heteroatoms. The molecule has 0 amide bonds. The molecular weight excluding hydrogens is 146 g/mol. The summed E-state index contributed by atoms with van der Waals surface area (Å²) in [5.74, 6) is 3.55. The van der Waals surface area contributed by atoms with Crippen molar-refractivity contribution in [2.75, 3.05) is 0 Å². The van der Waals surface area contributed by atoms with Gasteiger partial charge in [-0.3, -0.25) is 0 Å². The lowest BCUT2D eigenvalue weighted by atomic mass is 9.63. The van der Waals surface area contributed by atoms with Crippen LogP contribution in [0.25, 0.3) is 0 Å². The Balaban J connectivity index is 2.00. The summed E-state index contributed by atoms with van der Waals surface area (Å²) < 4.78 is 0. The van der Waals surface area contributed by atoms with E-state index in [4.69, 9.17) is 5.73 Å². The van der Waals surface area contributed by atoms with Crippen LogP contribution in [-0.4, -0.2) is 5.54 Å². The van der Waals surface area contributed by atoms with Gasteiger partial charge in [-0.2, -0.15) is 0 Å². The first kappa shape index (κ1) is 8.55. The van der Waals surface area contributed by atoms with E-state index < -0.39 is 0 Å². The molecule has 4 atom stereocenters. The molecule has 2 rings (SSSR count). The molecule has 1 nitrogen and oxygen atoms in total. The lowest BCUT2D eigenvalue weighted by Gasteiger charge is -2.47. The van der Waals surface area contributed by atoms with Gasteiger partial charge in [0, 0.05) is 5.54 Å². The second-order valence-corrected chi connectivity index (χ2v) is 5.23. The molecular formula is C11H21N. The summed E-state index contributed by atoms with van der Waals surface area (Å²) in [5.41, 5.74) is 6.69. The number of hydrogen-bond donors (Lipinski definition) is 1. The van der Waals surface area contributed by atoms with Gasteiger partial charge in [0.05, 0.1) is 0 Å². The SMILES string of the molecule is CCC1C2CC2C1(N)CC(C)C. The lowest BCUT2D eigenvalue weighted by molar-refractivity contribution is 0.0800. The van der Waals surface area contributed by atoms with Gasteiger partial charge in [0.25, 0.3) is 0 Å².